The zero-order chi connectivity index (χ0) is 15.7. The maximum Gasteiger partial charge on any atom is 0.247 e. The second-order valence-electron chi connectivity index (χ2n) is 6.05. The largest absolute Gasteiger partial charge is 0.508 e. The number of amides is 2. The third-order valence-corrected chi connectivity index (χ3v) is 4.72. The van der Waals surface area contributed by atoms with Crippen LogP contribution in [0.15, 0.2) is 24.3 Å². The molecule has 1 aliphatic carbocycles. The number of phenols is 1. The molecular weight excluding hydrogens is 282 g/mol. The minimum Gasteiger partial charge on any atom is -0.508 e. The SMILES string of the molecule is NCC(=O)N1[C@H](C(=O)Nc2cccc(O)c2)C[C@@H]2CCC[C@@H]21. The molecule has 6 nitrogen and oxygen atoms in total. The number of nitrogens with two attached hydrogens (primary N) is 1. The molecule has 2 amide bonds. The lowest BCUT2D eigenvalue weighted by atomic mass is 10.0. The van der Waals surface area contributed by atoms with Gasteiger partial charge in [-0.3, -0.25) is 9.59 Å². The molecule has 1 aromatic rings. The van der Waals surface area contributed by atoms with Gasteiger partial charge in [-0.1, -0.05) is 12.5 Å². The Hall–Kier alpha value is -2.08. The highest BCUT2D eigenvalue weighted by Gasteiger charge is 2.48. The van der Waals surface area contributed by atoms with Crippen LogP contribution >= 0.6 is 0 Å². The molecule has 3 atom stereocenters. The van der Waals surface area contributed by atoms with E-state index in [4.69, 9.17) is 5.73 Å². The van der Waals surface area contributed by atoms with Gasteiger partial charge < -0.3 is 21.1 Å². The molecule has 118 valence electrons. The van der Waals surface area contributed by atoms with Gasteiger partial charge >= 0.3 is 0 Å². The van der Waals surface area contributed by atoms with E-state index in [-0.39, 0.29) is 30.2 Å². The topological polar surface area (TPSA) is 95.7 Å². The first kappa shape index (κ1) is 14.8. The number of carbonyl (C=O) groups excluding carboxylic acids is 2. The third kappa shape index (κ3) is 2.66. The summed E-state index contributed by atoms with van der Waals surface area (Å²) in [5.41, 5.74) is 6.04. The summed E-state index contributed by atoms with van der Waals surface area (Å²) in [6.07, 6.45) is 3.81. The molecule has 1 aromatic carbocycles. The van der Waals surface area contributed by atoms with E-state index in [2.05, 4.69) is 5.32 Å². The van der Waals surface area contributed by atoms with E-state index in [0.717, 1.165) is 19.3 Å². The maximum absolute atomic E-state index is 12.6. The molecule has 3 rings (SSSR count). The Morgan fingerprint density at radius 1 is 1.36 bits per heavy atom. The van der Waals surface area contributed by atoms with Crippen molar-refractivity contribution in [3.05, 3.63) is 24.3 Å². The maximum atomic E-state index is 12.6. The van der Waals surface area contributed by atoms with E-state index < -0.39 is 6.04 Å². The smallest absolute Gasteiger partial charge is 0.247 e. The molecule has 1 heterocycles. The van der Waals surface area contributed by atoms with E-state index >= 15 is 0 Å². The zero-order valence-electron chi connectivity index (χ0n) is 12.4. The summed E-state index contributed by atoms with van der Waals surface area (Å²) in [5.74, 6) is 0.124. The lowest BCUT2D eigenvalue weighted by Crippen LogP contribution is -2.49. The van der Waals surface area contributed by atoms with Crippen LogP contribution in [0.5, 0.6) is 5.75 Å². The number of hydrogen-bond acceptors (Lipinski definition) is 4. The standard InChI is InChI=1S/C16H21N3O3/c17-9-15(21)19-13-6-1-3-10(13)7-14(19)16(22)18-11-4-2-5-12(20)8-11/h2,4-5,8,10,13-14,20H,1,3,6-7,9,17H2,(H,18,22)/t10-,13-,14-/m0/s1. The predicted molar refractivity (Wildman–Crippen MR) is 82.2 cm³/mol. The number of benzene rings is 1. The fourth-order valence-corrected chi connectivity index (χ4v) is 3.80. The highest BCUT2D eigenvalue weighted by Crippen LogP contribution is 2.41. The molecule has 2 fully saturated rings. The summed E-state index contributed by atoms with van der Waals surface area (Å²) in [6.45, 7) is -0.0703. The molecule has 0 bridgehead atoms. The van der Waals surface area contributed by atoms with E-state index in [0.29, 0.717) is 18.0 Å². The first-order valence-electron chi connectivity index (χ1n) is 7.71. The summed E-state index contributed by atoms with van der Waals surface area (Å²) in [5, 5.41) is 12.3. The molecule has 1 saturated carbocycles. The highest BCUT2D eigenvalue weighted by molar-refractivity contribution is 5.98. The van der Waals surface area contributed by atoms with Crippen LogP contribution in [-0.2, 0) is 9.59 Å². The minimum absolute atomic E-state index is 0.0703. The van der Waals surface area contributed by atoms with Crippen molar-refractivity contribution in [2.75, 3.05) is 11.9 Å². The van der Waals surface area contributed by atoms with Crippen LogP contribution in [0.3, 0.4) is 0 Å². The number of nitrogens with zero attached hydrogens (tertiary/aromatic N) is 1. The first-order valence-corrected chi connectivity index (χ1v) is 7.71. The van der Waals surface area contributed by atoms with Crippen LogP contribution in [0.1, 0.15) is 25.7 Å². The van der Waals surface area contributed by atoms with E-state index in [9.17, 15) is 14.7 Å². The molecule has 2 aliphatic rings. The van der Waals surface area contributed by atoms with Gasteiger partial charge in [0.05, 0.1) is 6.54 Å². The van der Waals surface area contributed by atoms with Gasteiger partial charge in [0.1, 0.15) is 11.8 Å². The number of anilines is 1. The summed E-state index contributed by atoms with van der Waals surface area (Å²) < 4.78 is 0. The Morgan fingerprint density at radius 3 is 2.91 bits per heavy atom. The molecule has 0 unspecified atom stereocenters. The summed E-state index contributed by atoms with van der Waals surface area (Å²) in [4.78, 5) is 26.4. The van der Waals surface area contributed by atoms with Gasteiger partial charge in [-0.05, 0) is 37.3 Å². The number of carbonyl (C=O) groups is 2. The van der Waals surface area contributed by atoms with E-state index in [1.165, 1.54) is 6.07 Å². The summed E-state index contributed by atoms with van der Waals surface area (Å²) in [7, 11) is 0. The van der Waals surface area contributed by atoms with Gasteiger partial charge in [-0.25, -0.2) is 0 Å². The number of phenolic OH excluding ortho intramolecular Hbond substituents is 1. The predicted octanol–water partition coefficient (Wildman–Crippen LogP) is 1.06. The Balaban J connectivity index is 1.77. The van der Waals surface area contributed by atoms with Crippen molar-refractivity contribution >= 4 is 17.5 Å². The number of fused-ring (bicyclic) bond motifs is 1. The quantitative estimate of drug-likeness (QED) is 0.778. The first-order chi connectivity index (χ1) is 10.6. The molecular formula is C16H21N3O3. The highest BCUT2D eigenvalue weighted by atomic mass is 16.3. The van der Waals surface area contributed by atoms with Gasteiger partial charge in [-0.15, -0.1) is 0 Å². The Bertz CT molecular complexity index is 590. The van der Waals surface area contributed by atoms with Crippen molar-refractivity contribution in [2.24, 2.45) is 11.7 Å². The lowest BCUT2D eigenvalue weighted by molar-refractivity contribution is -0.137. The van der Waals surface area contributed by atoms with Gasteiger partial charge in [0.15, 0.2) is 0 Å². The zero-order valence-corrected chi connectivity index (χ0v) is 12.4. The second-order valence-corrected chi connectivity index (χ2v) is 6.05. The molecule has 0 radical (unpaired) electrons. The number of hydrogen-bond donors (Lipinski definition) is 3. The Labute approximate surface area is 129 Å². The molecule has 1 aliphatic heterocycles. The van der Waals surface area contributed by atoms with Gasteiger partial charge in [0.2, 0.25) is 11.8 Å². The van der Waals surface area contributed by atoms with E-state index in [1.807, 2.05) is 0 Å². The second kappa shape index (κ2) is 5.96. The number of likely N-dealkylation sites (tertiary alicyclic amines) is 1. The van der Waals surface area contributed by atoms with Crippen LogP contribution in [0.25, 0.3) is 0 Å². The average molecular weight is 303 g/mol. The van der Waals surface area contributed by atoms with Gasteiger partial charge in [0.25, 0.3) is 0 Å². The van der Waals surface area contributed by atoms with Crippen LogP contribution in [0, 0.1) is 5.92 Å². The molecule has 6 heteroatoms. The monoisotopic (exact) mass is 303 g/mol. The average Bonchev–Trinajstić information content (AvgIpc) is 3.06. The fraction of sp³-hybridized carbons (Fsp3) is 0.500. The van der Waals surface area contributed by atoms with Crippen molar-refractivity contribution in [3.63, 3.8) is 0 Å². The summed E-state index contributed by atoms with van der Waals surface area (Å²) in [6, 6.07) is 6.09. The van der Waals surface area contributed by atoms with Gasteiger partial charge in [-0.2, -0.15) is 0 Å². The van der Waals surface area contributed by atoms with Crippen molar-refractivity contribution in [1.82, 2.24) is 4.90 Å². The van der Waals surface area contributed by atoms with Crippen molar-refractivity contribution < 1.29 is 14.7 Å². The molecule has 22 heavy (non-hydrogen) atoms. The number of aromatic hydroxyl groups is 1. The van der Waals surface area contributed by atoms with Crippen molar-refractivity contribution in [3.8, 4) is 5.75 Å². The van der Waals surface area contributed by atoms with E-state index in [1.54, 1.807) is 23.1 Å². The van der Waals surface area contributed by atoms with Crippen LogP contribution in [0.4, 0.5) is 5.69 Å². The van der Waals surface area contributed by atoms with Crippen LogP contribution in [0.2, 0.25) is 0 Å². The van der Waals surface area contributed by atoms with Gasteiger partial charge in [0, 0.05) is 17.8 Å². The Morgan fingerprint density at radius 2 is 2.18 bits per heavy atom. The fourth-order valence-electron chi connectivity index (χ4n) is 3.80. The Kier molecular flexibility index (Phi) is 4.02. The summed E-state index contributed by atoms with van der Waals surface area (Å²) >= 11 is 0. The molecule has 4 N–H and O–H groups in total. The molecule has 1 saturated heterocycles. The number of rotatable bonds is 3. The van der Waals surface area contributed by atoms with Crippen LogP contribution in [-0.4, -0.2) is 40.4 Å². The minimum atomic E-state index is -0.464. The van der Waals surface area contributed by atoms with Crippen molar-refractivity contribution in [2.45, 2.75) is 37.8 Å². The third-order valence-electron chi connectivity index (χ3n) is 4.72. The van der Waals surface area contributed by atoms with Crippen molar-refractivity contribution in [1.29, 1.82) is 0 Å². The number of nitrogens with one attached hydrogen (secondary N) is 1. The molecule has 0 aromatic heterocycles. The lowest BCUT2D eigenvalue weighted by Gasteiger charge is -2.28. The normalized spacial score (nSPS) is 26.8. The molecule has 0 spiro atoms. The van der Waals surface area contributed by atoms with Crippen LogP contribution < -0.4 is 11.1 Å².